The summed E-state index contributed by atoms with van der Waals surface area (Å²) in [5.41, 5.74) is 0. The van der Waals surface area contributed by atoms with Gasteiger partial charge < -0.3 is 9.64 Å². The van der Waals surface area contributed by atoms with Crippen LogP contribution in [-0.2, 0) is 9.59 Å². The van der Waals surface area contributed by atoms with Crippen LogP contribution in [0.15, 0.2) is 24.3 Å². The lowest BCUT2D eigenvalue weighted by molar-refractivity contribution is -0.133. The number of hydrogen-bond donors (Lipinski definition) is 0. The largest absolute Gasteiger partial charge is 0.484 e. The van der Waals surface area contributed by atoms with E-state index in [1.807, 2.05) is 0 Å². The molecule has 0 atom stereocenters. The number of amides is 1. The standard InChI is InChI=1S/C14H16ClNO3/c15-11-3-5-13(6-4-11)19-10-14(18)16-8-1-2-12(17)7-9-16/h3-6H,1-2,7-10H2. The van der Waals surface area contributed by atoms with E-state index >= 15 is 0 Å². The number of rotatable bonds is 3. The number of ketones is 1. The van der Waals surface area contributed by atoms with Gasteiger partial charge in [0.1, 0.15) is 11.5 Å². The van der Waals surface area contributed by atoms with Gasteiger partial charge in [-0.05, 0) is 30.7 Å². The van der Waals surface area contributed by atoms with Crippen LogP contribution in [0.2, 0.25) is 5.02 Å². The van der Waals surface area contributed by atoms with Crippen LogP contribution in [0.25, 0.3) is 0 Å². The zero-order valence-corrected chi connectivity index (χ0v) is 11.4. The number of carbonyl (C=O) groups is 2. The SMILES string of the molecule is O=C1CCCN(C(=O)COc2ccc(Cl)cc2)CC1. The van der Waals surface area contributed by atoms with E-state index in [-0.39, 0.29) is 18.3 Å². The van der Waals surface area contributed by atoms with Crippen molar-refractivity contribution in [2.24, 2.45) is 0 Å². The van der Waals surface area contributed by atoms with Gasteiger partial charge in [-0.3, -0.25) is 9.59 Å². The van der Waals surface area contributed by atoms with Gasteiger partial charge in [0.15, 0.2) is 6.61 Å². The van der Waals surface area contributed by atoms with Crippen LogP contribution in [0, 0.1) is 0 Å². The van der Waals surface area contributed by atoms with Gasteiger partial charge in [-0.1, -0.05) is 11.6 Å². The molecule has 0 spiro atoms. The van der Waals surface area contributed by atoms with Crippen molar-refractivity contribution < 1.29 is 14.3 Å². The average molecular weight is 282 g/mol. The molecule has 0 unspecified atom stereocenters. The molecule has 1 saturated heterocycles. The molecule has 0 bridgehead atoms. The number of nitrogens with zero attached hydrogens (tertiary/aromatic N) is 1. The molecule has 1 aliphatic rings. The summed E-state index contributed by atoms with van der Waals surface area (Å²) in [6.07, 6.45) is 1.76. The normalized spacial score (nSPS) is 16.1. The first-order valence-corrected chi connectivity index (χ1v) is 6.71. The van der Waals surface area contributed by atoms with Crippen LogP contribution in [0.1, 0.15) is 19.3 Å². The highest BCUT2D eigenvalue weighted by Gasteiger charge is 2.18. The molecule has 0 N–H and O–H groups in total. The minimum absolute atomic E-state index is 0.00414. The molecule has 2 rings (SSSR count). The number of ether oxygens (including phenoxy) is 1. The summed E-state index contributed by atoms with van der Waals surface area (Å²) < 4.78 is 5.41. The summed E-state index contributed by atoms with van der Waals surface area (Å²) in [6.45, 7) is 1.13. The lowest BCUT2D eigenvalue weighted by Gasteiger charge is -2.19. The summed E-state index contributed by atoms with van der Waals surface area (Å²) >= 11 is 5.77. The van der Waals surface area contributed by atoms with E-state index in [9.17, 15) is 9.59 Å². The molecule has 102 valence electrons. The molecule has 0 radical (unpaired) electrons. The van der Waals surface area contributed by atoms with Crippen molar-refractivity contribution >= 4 is 23.3 Å². The fourth-order valence-corrected chi connectivity index (χ4v) is 2.11. The summed E-state index contributed by atoms with van der Waals surface area (Å²) in [6, 6.07) is 6.88. The number of benzene rings is 1. The third-order valence-corrected chi connectivity index (χ3v) is 3.32. The highest BCUT2D eigenvalue weighted by Crippen LogP contribution is 2.15. The third-order valence-electron chi connectivity index (χ3n) is 3.07. The fourth-order valence-electron chi connectivity index (χ4n) is 1.98. The second kappa shape index (κ2) is 6.57. The van der Waals surface area contributed by atoms with Gasteiger partial charge in [0, 0.05) is 31.0 Å². The lowest BCUT2D eigenvalue weighted by Crippen LogP contribution is -2.35. The molecule has 0 aliphatic carbocycles. The highest BCUT2D eigenvalue weighted by molar-refractivity contribution is 6.30. The Balaban J connectivity index is 1.83. The minimum Gasteiger partial charge on any atom is -0.484 e. The second-order valence-electron chi connectivity index (χ2n) is 4.52. The first kappa shape index (κ1) is 13.9. The summed E-state index contributed by atoms with van der Waals surface area (Å²) in [7, 11) is 0. The Morgan fingerprint density at radius 3 is 2.68 bits per heavy atom. The highest BCUT2D eigenvalue weighted by atomic mass is 35.5. The van der Waals surface area contributed by atoms with Gasteiger partial charge in [-0.25, -0.2) is 0 Å². The van der Waals surface area contributed by atoms with Crippen LogP contribution in [0.5, 0.6) is 5.75 Å². The zero-order chi connectivity index (χ0) is 13.7. The Morgan fingerprint density at radius 2 is 1.95 bits per heavy atom. The van der Waals surface area contributed by atoms with Crippen molar-refractivity contribution in [2.45, 2.75) is 19.3 Å². The fraction of sp³-hybridized carbons (Fsp3) is 0.429. The summed E-state index contributed by atoms with van der Waals surface area (Å²) in [5.74, 6) is 0.766. The number of likely N-dealkylation sites (tertiary alicyclic amines) is 1. The molecule has 1 amide bonds. The molecule has 1 aliphatic heterocycles. The minimum atomic E-state index is -0.0790. The first-order chi connectivity index (χ1) is 9.15. The maximum absolute atomic E-state index is 12.0. The Bertz CT molecular complexity index is 458. The molecule has 1 fully saturated rings. The van der Waals surface area contributed by atoms with Crippen molar-refractivity contribution in [1.82, 2.24) is 4.90 Å². The van der Waals surface area contributed by atoms with E-state index < -0.39 is 0 Å². The number of hydrogen-bond acceptors (Lipinski definition) is 3. The molecule has 5 heteroatoms. The average Bonchev–Trinajstić information content (AvgIpc) is 2.63. The van der Waals surface area contributed by atoms with Crippen molar-refractivity contribution in [3.8, 4) is 5.75 Å². The van der Waals surface area contributed by atoms with E-state index in [1.54, 1.807) is 29.2 Å². The molecule has 0 aromatic heterocycles. The number of carbonyl (C=O) groups excluding carboxylic acids is 2. The van der Waals surface area contributed by atoms with E-state index in [0.29, 0.717) is 36.7 Å². The van der Waals surface area contributed by atoms with E-state index in [2.05, 4.69) is 0 Å². The molecular formula is C14H16ClNO3. The van der Waals surface area contributed by atoms with Crippen molar-refractivity contribution in [3.63, 3.8) is 0 Å². The zero-order valence-electron chi connectivity index (χ0n) is 10.6. The van der Waals surface area contributed by atoms with E-state index in [1.165, 1.54) is 0 Å². The number of Topliss-reactive ketones (excluding diaryl/α,β-unsaturated/α-hetero) is 1. The van der Waals surface area contributed by atoms with E-state index in [0.717, 1.165) is 6.42 Å². The van der Waals surface area contributed by atoms with Crippen LogP contribution < -0.4 is 4.74 Å². The van der Waals surface area contributed by atoms with Gasteiger partial charge in [0.25, 0.3) is 5.91 Å². The van der Waals surface area contributed by atoms with Crippen molar-refractivity contribution in [2.75, 3.05) is 19.7 Å². The lowest BCUT2D eigenvalue weighted by atomic mass is 10.2. The third kappa shape index (κ3) is 4.24. The predicted molar refractivity (Wildman–Crippen MR) is 72.4 cm³/mol. The van der Waals surface area contributed by atoms with Crippen molar-refractivity contribution in [1.29, 1.82) is 0 Å². The maximum atomic E-state index is 12.0. The van der Waals surface area contributed by atoms with Gasteiger partial charge in [-0.15, -0.1) is 0 Å². The Hall–Kier alpha value is -1.55. The summed E-state index contributed by atoms with van der Waals surface area (Å²) in [4.78, 5) is 24.9. The Kier molecular flexibility index (Phi) is 4.80. The quantitative estimate of drug-likeness (QED) is 0.854. The molecular weight excluding hydrogens is 266 g/mol. The predicted octanol–water partition coefficient (Wildman–Crippen LogP) is 2.30. The smallest absolute Gasteiger partial charge is 0.260 e. The van der Waals surface area contributed by atoms with Crippen LogP contribution in [0.3, 0.4) is 0 Å². The molecule has 0 saturated carbocycles. The maximum Gasteiger partial charge on any atom is 0.260 e. The van der Waals surface area contributed by atoms with Gasteiger partial charge >= 0.3 is 0 Å². The van der Waals surface area contributed by atoms with Crippen LogP contribution in [0.4, 0.5) is 0 Å². The molecule has 1 heterocycles. The molecule has 1 aromatic carbocycles. The van der Waals surface area contributed by atoms with Crippen LogP contribution >= 0.6 is 11.6 Å². The van der Waals surface area contributed by atoms with Crippen molar-refractivity contribution in [3.05, 3.63) is 29.3 Å². The van der Waals surface area contributed by atoms with E-state index in [4.69, 9.17) is 16.3 Å². The monoisotopic (exact) mass is 281 g/mol. The van der Waals surface area contributed by atoms with Gasteiger partial charge in [0.2, 0.25) is 0 Å². The molecule has 19 heavy (non-hydrogen) atoms. The molecule has 4 nitrogen and oxygen atoms in total. The Labute approximate surface area is 117 Å². The van der Waals surface area contributed by atoms with Gasteiger partial charge in [0.05, 0.1) is 0 Å². The molecule has 1 aromatic rings. The Morgan fingerprint density at radius 1 is 1.21 bits per heavy atom. The van der Waals surface area contributed by atoms with Gasteiger partial charge in [-0.2, -0.15) is 0 Å². The number of halogens is 1. The first-order valence-electron chi connectivity index (χ1n) is 6.33. The topological polar surface area (TPSA) is 46.6 Å². The summed E-state index contributed by atoms with van der Waals surface area (Å²) in [5, 5.41) is 0.629. The second-order valence-corrected chi connectivity index (χ2v) is 4.95. The van der Waals surface area contributed by atoms with Crippen LogP contribution in [-0.4, -0.2) is 36.3 Å².